The zero-order valence-corrected chi connectivity index (χ0v) is 21.5. The van der Waals surface area contributed by atoms with Gasteiger partial charge in [0.25, 0.3) is 0 Å². The number of phosphoric ester groups is 1. The van der Waals surface area contributed by atoms with Crippen LogP contribution in [-0.4, -0.2) is 21.3 Å². The second-order valence-electron chi connectivity index (χ2n) is 6.99. The van der Waals surface area contributed by atoms with Crippen LogP contribution in [0.15, 0.2) is 46.6 Å². The van der Waals surface area contributed by atoms with Crippen LogP contribution in [0.25, 0.3) is 0 Å². The number of phosphoric acid groups is 2. The van der Waals surface area contributed by atoms with Gasteiger partial charge in [-0.05, 0) is 73.1 Å². The van der Waals surface area contributed by atoms with Crippen LogP contribution in [0.5, 0.6) is 0 Å². The molecule has 0 radical (unpaired) electrons. The Bertz CT molecular complexity index is 823. The van der Waals surface area contributed by atoms with Gasteiger partial charge in [-0.1, -0.05) is 46.6 Å². The first-order valence-electron chi connectivity index (χ1n) is 10.9. The highest BCUT2D eigenvalue weighted by molar-refractivity contribution is 7.60. The van der Waals surface area contributed by atoms with Crippen molar-refractivity contribution in [1.82, 2.24) is 18.5 Å². The average molecular weight is 505 g/mol. The third kappa shape index (κ3) is 25.4. The van der Waals surface area contributed by atoms with E-state index in [1.807, 2.05) is 13.8 Å². The van der Waals surface area contributed by atoms with Crippen LogP contribution in [0.4, 0.5) is 0 Å². The van der Waals surface area contributed by atoms with Crippen molar-refractivity contribution in [1.29, 1.82) is 0 Å². The lowest BCUT2D eigenvalue weighted by Gasteiger charge is -2.11. The molecule has 0 amide bonds. The summed E-state index contributed by atoms with van der Waals surface area (Å²) in [6.07, 6.45) is 12.5. The fraction of sp³-hybridized carbons (Fsp3) is 0.600. The molecule has 0 aliphatic rings. The van der Waals surface area contributed by atoms with E-state index in [9.17, 15) is 14.0 Å². The molecule has 0 heterocycles. The molecule has 0 aromatic heterocycles. The third-order valence-electron chi connectivity index (χ3n) is 3.93. The van der Waals surface area contributed by atoms with E-state index in [0.717, 1.165) is 31.3 Å². The zero-order valence-electron chi connectivity index (χ0n) is 22.7. The third-order valence-corrected chi connectivity index (χ3v) is 6.08. The summed E-state index contributed by atoms with van der Waals surface area (Å²) >= 11 is 0. The Kier molecular flexibility index (Phi) is 19.0. The molecule has 0 rings (SSSR count). The van der Waals surface area contributed by atoms with Crippen LogP contribution >= 0.6 is 15.6 Å². The molecular formula is C20H45N3O7P2. The molecule has 0 fully saturated rings. The number of allylic oxidation sites excluding steroid dienone is 7. The monoisotopic (exact) mass is 504 g/mol. The van der Waals surface area contributed by atoms with Crippen LogP contribution in [0.1, 0.15) is 77.2 Å². The molecule has 0 aliphatic carbocycles. The summed E-state index contributed by atoms with van der Waals surface area (Å²) in [6, 6.07) is 0. The molecule has 0 aromatic rings. The highest BCUT2D eigenvalue weighted by Crippen LogP contribution is 2.57. The Morgan fingerprint density at radius 2 is 1.19 bits per heavy atom. The van der Waals surface area contributed by atoms with Gasteiger partial charge >= 0.3 is 15.6 Å². The SMILES string of the molecule is N.N.N.[2H]C([2H])([2H])/C(C)=C/CC/C(C)=C/CC/C(C)=C/CC/C(C)=C/COP(=O)(O)OP(=O)(O)O. The molecule has 192 valence electrons. The molecule has 12 heteroatoms. The second kappa shape index (κ2) is 19.6. The van der Waals surface area contributed by atoms with E-state index in [2.05, 4.69) is 27.9 Å². The van der Waals surface area contributed by atoms with Crippen molar-refractivity contribution < 1.29 is 36.8 Å². The molecule has 0 saturated carbocycles. The molecule has 0 aliphatic heterocycles. The molecular weight excluding hydrogens is 456 g/mol. The predicted molar refractivity (Wildman–Crippen MR) is 132 cm³/mol. The molecule has 0 bridgehead atoms. The van der Waals surface area contributed by atoms with Crippen LogP contribution in [0.2, 0.25) is 0 Å². The molecule has 32 heavy (non-hydrogen) atoms. The van der Waals surface area contributed by atoms with Gasteiger partial charge in [0.15, 0.2) is 0 Å². The fourth-order valence-corrected chi connectivity index (χ4v) is 3.87. The lowest BCUT2D eigenvalue weighted by atomic mass is 10.0. The quantitative estimate of drug-likeness (QED) is 0.107. The van der Waals surface area contributed by atoms with E-state index < -0.39 is 22.5 Å². The number of hydrogen-bond acceptors (Lipinski definition) is 7. The first-order chi connectivity index (χ1) is 14.5. The smallest absolute Gasteiger partial charge is 0.344 e. The van der Waals surface area contributed by atoms with Crippen molar-refractivity contribution in [3.8, 4) is 0 Å². The first-order valence-corrected chi connectivity index (χ1v) is 12.4. The average Bonchev–Trinajstić information content (AvgIpc) is 2.58. The highest BCUT2D eigenvalue weighted by Gasteiger charge is 2.31. The largest absolute Gasteiger partial charge is 0.481 e. The minimum Gasteiger partial charge on any atom is -0.344 e. The molecule has 10 nitrogen and oxygen atoms in total. The van der Waals surface area contributed by atoms with E-state index in [-0.39, 0.29) is 25.1 Å². The topological polar surface area (TPSA) is 218 Å². The molecule has 1 atom stereocenters. The maximum absolute atomic E-state index is 11.3. The standard InChI is InChI=1S/C20H36O7P2.3H3N/c1-17(2)9-6-10-18(3)11-7-12-19(4)13-8-14-20(5)15-16-26-29(24,25)27-28(21,22)23;;;/h9,11,13,15H,6-8,10,12,14,16H2,1-5H3,(H,24,25)(H2,21,22,23);3*1H3/b18-11+,19-13+,20-15+;;;/i1D3;;;/b17-9-,18-11+,19-13+,20-15+;;;. The minimum absolute atomic E-state index is 0. The molecule has 1 unspecified atom stereocenters. The van der Waals surface area contributed by atoms with Crippen LogP contribution < -0.4 is 18.5 Å². The fourth-order valence-electron chi connectivity index (χ4n) is 2.35. The van der Waals surface area contributed by atoms with Crippen molar-refractivity contribution in [3.05, 3.63) is 46.6 Å². The maximum atomic E-state index is 11.3. The summed E-state index contributed by atoms with van der Waals surface area (Å²) in [6.45, 7) is 5.25. The predicted octanol–water partition coefficient (Wildman–Crippen LogP) is 6.84. The summed E-state index contributed by atoms with van der Waals surface area (Å²) in [7, 11) is -9.91. The molecule has 12 N–H and O–H groups in total. The molecule has 0 saturated heterocycles. The Morgan fingerprint density at radius 1 is 0.781 bits per heavy atom. The van der Waals surface area contributed by atoms with Crippen molar-refractivity contribution in [2.75, 3.05) is 6.61 Å². The Morgan fingerprint density at radius 3 is 1.59 bits per heavy atom. The lowest BCUT2D eigenvalue weighted by molar-refractivity contribution is 0.191. The number of hydrogen-bond donors (Lipinski definition) is 6. The molecule has 0 spiro atoms. The van der Waals surface area contributed by atoms with Gasteiger partial charge in [-0.3, -0.25) is 4.52 Å². The van der Waals surface area contributed by atoms with E-state index in [0.29, 0.717) is 18.4 Å². The minimum atomic E-state index is -5.11. The van der Waals surface area contributed by atoms with E-state index in [1.165, 1.54) is 11.1 Å². The van der Waals surface area contributed by atoms with Crippen LogP contribution in [0.3, 0.4) is 0 Å². The summed E-state index contributed by atoms with van der Waals surface area (Å²) in [5.41, 5.74) is 3.81. The maximum Gasteiger partial charge on any atom is 0.481 e. The summed E-state index contributed by atoms with van der Waals surface area (Å²) < 4.78 is 52.1. The van der Waals surface area contributed by atoms with Crippen molar-refractivity contribution in [2.24, 2.45) is 0 Å². The van der Waals surface area contributed by atoms with Gasteiger partial charge in [-0.25, -0.2) is 9.13 Å². The zero-order chi connectivity index (χ0) is 25.0. The summed E-state index contributed by atoms with van der Waals surface area (Å²) in [4.78, 5) is 26.3. The van der Waals surface area contributed by atoms with Gasteiger partial charge < -0.3 is 33.1 Å². The highest BCUT2D eigenvalue weighted by atomic mass is 31.3. The molecule has 0 aromatic carbocycles. The normalized spacial score (nSPS) is 17.0. The van der Waals surface area contributed by atoms with E-state index in [1.54, 1.807) is 19.1 Å². The second-order valence-corrected chi connectivity index (χ2v) is 9.82. The van der Waals surface area contributed by atoms with Gasteiger partial charge in [0, 0.05) is 4.11 Å². The Labute approximate surface area is 197 Å². The van der Waals surface area contributed by atoms with Gasteiger partial charge in [0.2, 0.25) is 0 Å². The van der Waals surface area contributed by atoms with Crippen LogP contribution in [0, 0.1) is 0 Å². The van der Waals surface area contributed by atoms with E-state index >= 15 is 0 Å². The van der Waals surface area contributed by atoms with E-state index in [4.69, 9.17) is 13.9 Å². The van der Waals surface area contributed by atoms with Gasteiger partial charge in [0.05, 0.1) is 6.61 Å². The van der Waals surface area contributed by atoms with Crippen molar-refractivity contribution in [3.63, 3.8) is 0 Å². The van der Waals surface area contributed by atoms with Crippen molar-refractivity contribution in [2.45, 2.75) is 73.1 Å². The Hall–Kier alpha value is -0.900. The summed E-state index contributed by atoms with van der Waals surface area (Å²) in [5.74, 6) is 0. The first kappa shape index (κ1) is 31.1. The van der Waals surface area contributed by atoms with Gasteiger partial charge in [-0.15, -0.1) is 0 Å². The summed E-state index contributed by atoms with van der Waals surface area (Å²) in [5, 5.41) is 0. The van der Waals surface area contributed by atoms with Crippen LogP contribution in [-0.2, 0) is 18.0 Å². The van der Waals surface area contributed by atoms with Crippen molar-refractivity contribution >= 4 is 15.6 Å². The lowest BCUT2D eigenvalue weighted by Crippen LogP contribution is -1.94. The van der Waals surface area contributed by atoms with Gasteiger partial charge in [0.1, 0.15) is 0 Å². The number of rotatable bonds is 14. The Balaban J connectivity index is -0.00000160. The van der Waals surface area contributed by atoms with Gasteiger partial charge in [-0.2, -0.15) is 4.31 Å².